The minimum atomic E-state index is -4.58. The van der Waals surface area contributed by atoms with Gasteiger partial charge in [-0.2, -0.15) is 18.3 Å². The van der Waals surface area contributed by atoms with Crippen LogP contribution in [0.5, 0.6) is 0 Å². The zero-order valence-electron chi connectivity index (χ0n) is 18.0. The molecular weight excluding hydrogens is 486 g/mol. The fraction of sp³-hybridized carbons (Fsp3) is 0.0833. The summed E-state index contributed by atoms with van der Waals surface area (Å²) in [5.41, 5.74) is -0.00435. The second-order valence-corrected chi connectivity index (χ2v) is 9.66. The minimum absolute atomic E-state index is 0.0128. The number of amides is 1. The van der Waals surface area contributed by atoms with Gasteiger partial charge in [0.15, 0.2) is 9.84 Å². The molecule has 0 aliphatic carbocycles. The topological polar surface area (TPSA) is 81.1 Å². The first kappa shape index (κ1) is 24.1. The molecule has 0 fully saturated rings. The van der Waals surface area contributed by atoms with Crippen LogP contribution in [0.4, 0.5) is 23.2 Å². The third-order valence-electron chi connectivity index (χ3n) is 5.05. The maximum Gasteiger partial charge on any atom is 0.416 e. The van der Waals surface area contributed by atoms with E-state index in [-0.39, 0.29) is 21.8 Å². The second kappa shape index (κ2) is 8.99. The third kappa shape index (κ3) is 5.40. The maximum atomic E-state index is 13.4. The van der Waals surface area contributed by atoms with Gasteiger partial charge in [-0.3, -0.25) is 4.79 Å². The number of halogens is 4. The minimum Gasteiger partial charge on any atom is -0.322 e. The van der Waals surface area contributed by atoms with E-state index in [0.29, 0.717) is 11.3 Å². The Balaban J connectivity index is 1.76. The van der Waals surface area contributed by atoms with Crippen LogP contribution in [0.15, 0.2) is 83.9 Å². The van der Waals surface area contributed by atoms with E-state index in [2.05, 4.69) is 10.4 Å². The van der Waals surface area contributed by atoms with Crippen LogP contribution in [-0.2, 0) is 16.0 Å². The Hall–Kier alpha value is -3.99. The van der Waals surface area contributed by atoms with Crippen LogP contribution < -0.4 is 5.32 Å². The van der Waals surface area contributed by atoms with Gasteiger partial charge in [-0.1, -0.05) is 18.2 Å². The van der Waals surface area contributed by atoms with Crippen molar-refractivity contribution in [3.63, 3.8) is 0 Å². The van der Waals surface area contributed by atoms with Crippen molar-refractivity contribution >= 4 is 21.4 Å². The van der Waals surface area contributed by atoms with E-state index in [0.717, 1.165) is 18.4 Å². The lowest BCUT2D eigenvalue weighted by molar-refractivity contribution is -0.137. The van der Waals surface area contributed by atoms with E-state index < -0.39 is 33.3 Å². The Morgan fingerprint density at radius 3 is 2.23 bits per heavy atom. The number of hydrogen-bond acceptors (Lipinski definition) is 4. The van der Waals surface area contributed by atoms with Crippen LogP contribution in [0.1, 0.15) is 15.9 Å². The van der Waals surface area contributed by atoms with Gasteiger partial charge in [0.05, 0.1) is 21.7 Å². The maximum absolute atomic E-state index is 13.4. The van der Waals surface area contributed by atoms with Gasteiger partial charge in [-0.15, -0.1) is 0 Å². The summed E-state index contributed by atoms with van der Waals surface area (Å²) in [5.74, 6) is -1.21. The number of nitrogens with zero attached hydrogens (tertiary/aromatic N) is 2. The van der Waals surface area contributed by atoms with Crippen LogP contribution in [-0.4, -0.2) is 30.4 Å². The molecule has 3 aromatic carbocycles. The van der Waals surface area contributed by atoms with Gasteiger partial charge >= 0.3 is 6.18 Å². The van der Waals surface area contributed by atoms with Crippen molar-refractivity contribution in [1.29, 1.82) is 0 Å². The molecule has 0 spiro atoms. The number of hydrogen-bond donors (Lipinski definition) is 1. The first-order chi connectivity index (χ1) is 16.4. The van der Waals surface area contributed by atoms with Crippen LogP contribution >= 0.6 is 0 Å². The number of benzene rings is 3. The zero-order valence-corrected chi connectivity index (χ0v) is 18.9. The van der Waals surface area contributed by atoms with E-state index in [1.807, 2.05) is 0 Å². The Labute approximate surface area is 197 Å². The number of nitrogens with one attached hydrogen (secondary N) is 1. The average molecular weight is 503 g/mol. The molecule has 1 heterocycles. The van der Waals surface area contributed by atoms with Crippen molar-refractivity contribution < 1.29 is 30.8 Å². The number of alkyl halides is 3. The predicted octanol–water partition coefficient (Wildman–Crippen LogP) is 5.35. The zero-order chi connectivity index (χ0) is 25.4. The molecule has 180 valence electrons. The number of sulfone groups is 1. The molecule has 1 N–H and O–H groups in total. The van der Waals surface area contributed by atoms with Crippen molar-refractivity contribution in [2.45, 2.75) is 11.1 Å². The van der Waals surface area contributed by atoms with E-state index in [4.69, 9.17) is 0 Å². The summed E-state index contributed by atoms with van der Waals surface area (Å²) in [6.45, 7) is 0. The van der Waals surface area contributed by atoms with Gasteiger partial charge in [-0.05, 0) is 54.6 Å². The molecule has 0 unspecified atom stereocenters. The Morgan fingerprint density at radius 1 is 0.971 bits per heavy atom. The third-order valence-corrected chi connectivity index (χ3v) is 6.18. The normalized spacial score (nSPS) is 11.9. The van der Waals surface area contributed by atoms with Gasteiger partial charge in [0.25, 0.3) is 5.91 Å². The quantitative estimate of drug-likeness (QED) is 0.372. The van der Waals surface area contributed by atoms with E-state index in [9.17, 15) is 30.8 Å². The van der Waals surface area contributed by atoms with Gasteiger partial charge in [0.1, 0.15) is 11.5 Å². The summed E-state index contributed by atoms with van der Waals surface area (Å²) < 4.78 is 77.4. The highest BCUT2D eigenvalue weighted by atomic mass is 32.2. The van der Waals surface area contributed by atoms with Crippen molar-refractivity contribution in [3.05, 3.63) is 95.9 Å². The number of anilines is 1. The Bertz CT molecular complexity index is 1490. The fourth-order valence-corrected chi connectivity index (χ4v) is 3.94. The number of aromatic nitrogens is 2. The van der Waals surface area contributed by atoms with Crippen LogP contribution in [0.3, 0.4) is 0 Å². The molecule has 0 aliphatic rings. The molecule has 0 saturated carbocycles. The number of carbonyl (C=O) groups is 1. The molecule has 6 nitrogen and oxygen atoms in total. The SMILES string of the molecule is CS(=O)(=O)c1ccc(-c2nn(-c3ccc(F)cc3)cc2C(=O)Nc2cccc(C(F)(F)F)c2)cc1. The summed E-state index contributed by atoms with van der Waals surface area (Å²) in [4.78, 5) is 13.2. The van der Waals surface area contributed by atoms with Crippen molar-refractivity contribution in [1.82, 2.24) is 9.78 Å². The van der Waals surface area contributed by atoms with Gasteiger partial charge in [0, 0.05) is 23.7 Å². The molecule has 4 aromatic rings. The largest absolute Gasteiger partial charge is 0.416 e. The number of carbonyl (C=O) groups excluding carboxylic acids is 1. The Morgan fingerprint density at radius 2 is 1.63 bits per heavy atom. The molecule has 0 bridgehead atoms. The van der Waals surface area contributed by atoms with Crippen LogP contribution in [0.2, 0.25) is 0 Å². The molecule has 4 rings (SSSR count). The lowest BCUT2D eigenvalue weighted by Crippen LogP contribution is -2.13. The molecule has 0 saturated heterocycles. The van der Waals surface area contributed by atoms with Crippen molar-refractivity contribution in [3.8, 4) is 16.9 Å². The highest BCUT2D eigenvalue weighted by Gasteiger charge is 2.30. The predicted molar refractivity (Wildman–Crippen MR) is 121 cm³/mol. The molecule has 0 aliphatic heterocycles. The van der Waals surface area contributed by atoms with Gasteiger partial charge in [-0.25, -0.2) is 17.5 Å². The Kier molecular flexibility index (Phi) is 6.20. The van der Waals surface area contributed by atoms with Gasteiger partial charge in [0.2, 0.25) is 0 Å². The number of rotatable bonds is 5. The lowest BCUT2D eigenvalue weighted by atomic mass is 10.1. The summed E-state index contributed by atoms with van der Waals surface area (Å²) >= 11 is 0. The molecule has 11 heteroatoms. The average Bonchev–Trinajstić information content (AvgIpc) is 3.24. The van der Waals surface area contributed by atoms with Crippen molar-refractivity contribution in [2.24, 2.45) is 0 Å². The molecular formula is C24H17F4N3O3S. The highest BCUT2D eigenvalue weighted by Crippen LogP contribution is 2.31. The fourth-order valence-electron chi connectivity index (χ4n) is 3.31. The monoisotopic (exact) mass is 503 g/mol. The smallest absolute Gasteiger partial charge is 0.322 e. The molecule has 1 aromatic heterocycles. The molecule has 0 radical (unpaired) electrons. The standard InChI is InChI=1S/C24H17F4N3O3S/c1-35(33,34)20-11-5-15(6-12-20)22-21(14-31(30-22)19-9-7-17(25)8-10-19)23(32)29-18-4-2-3-16(13-18)24(26,27)28/h2-14H,1H3,(H,29,32). The summed E-state index contributed by atoms with van der Waals surface area (Å²) in [7, 11) is -3.46. The van der Waals surface area contributed by atoms with E-state index >= 15 is 0 Å². The van der Waals surface area contributed by atoms with Gasteiger partial charge < -0.3 is 5.32 Å². The van der Waals surface area contributed by atoms with Crippen molar-refractivity contribution in [2.75, 3.05) is 11.6 Å². The molecule has 0 atom stereocenters. The second-order valence-electron chi connectivity index (χ2n) is 7.64. The summed E-state index contributed by atoms with van der Waals surface area (Å²) in [6, 6.07) is 15.1. The first-order valence-corrected chi connectivity index (χ1v) is 12.0. The summed E-state index contributed by atoms with van der Waals surface area (Å²) in [6.07, 6.45) is -2.17. The van der Waals surface area contributed by atoms with Crippen LogP contribution in [0, 0.1) is 5.82 Å². The van der Waals surface area contributed by atoms with E-state index in [1.54, 1.807) is 0 Å². The lowest BCUT2D eigenvalue weighted by Gasteiger charge is -2.10. The highest BCUT2D eigenvalue weighted by molar-refractivity contribution is 7.90. The summed E-state index contributed by atoms with van der Waals surface area (Å²) in [5, 5.41) is 6.84. The molecule has 35 heavy (non-hydrogen) atoms. The molecule has 1 amide bonds. The first-order valence-electron chi connectivity index (χ1n) is 10.1. The van der Waals surface area contributed by atoms with E-state index in [1.165, 1.54) is 71.5 Å². The van der Waals surface area contributed by atoms with Crippen LogP contribution in [0.25, 0.3) is 16.9 Å².